The molecule has 0 unspecified atom stereocenters. The number of benzene rings is 2. The number of hydrogen-bond acceptors (Lipinski definition) is 6. The topological polar surface area (TPSA) is 73.7 Å². The fourth-order valence-corrected chi connectivity index (χ4v) is 3.16. The Morgan fingerprint density at radius 3 is 2.13 bits per heavy atom. The van der Waals surface area contributed by atoms with Crippen LogP contribution < -0.4 is 14.2 Å². The van der Waals surface area contributed by atoms with Crippen molar-refractivity contribution in [2.45, 2.75) is 26.2 Å². The SMILES string of the molecule is COc1cc(OC)c(OC)cc1C=Nn1c(-c2ccc(C(C)(C)C)cc2)n[nH]c1=S. The third-order valence-electron chi connectivity index (χ3n) is 4.71. The zero-order valence-corrected chi connectivity index (χ0v) is 18.8. The molecule has 7 nitrogen and oxygen atoms in total. The van der Waals surface area contributed by atoms with Gasteiger partial charge in [0.15, 0.2) is 17.3 Å². The van der Waals surface area contributed by atoms with E-state index in [0.717, 1.165) is 5.56 Å². The van der Waals surface area contributed by atoms with Gasteiger partial charge < -0.3 is 14.2 Å². The van der Waals surface area contributed by atoms with Crippen molar-refractivity contribution in [1.29, 1.82) is 0 Å². The second-order valence-corrected chi connectivity index (χ2v) is 8.07. The van der Waals surface area contributed by atoms with Gasteiger partial charge in [-0.2, -0.15) is 14.9 Å². The maximum atomic E-state index is 5.46. The molecule has 1 N–H and O–H groups in total. The zero-order valence-electron chi connectivity index (χ0n) is 18.0. The van der Waals surface area contributed by atoms with Crippen molar-refractivity contribution in [2.75, 3.05) is 21.3 Å². The number of nitrogens with one attached hydrogen (secondary N) is 1. The quantitative estimate of drug-likeness (QED) is 0.452. The molecule has 3 aromatic rings. The lowest BCUT2D eigenvalue weighted by atomic mass is 9.87. The smallest absolute Gasteiger partial charge is 0.216 e. The lowest BCUT2D eigenvalue weighted by molar-refractivity contribution is 0.349. The highest BCUT2D eigenvalue weighted by atomic mass is 32.1. The molecule has 0 amide bonds. The van der Waals surface area contributed by atoms with Gasteiger partial charge in [-0.05, 0) is 29.3 Å². The molecule has 1 heterocycles. The van der Waals surface area contributed by atoms with E-state index in [9.17, 15) is 0 Å². The van der Waals surface area contributed by atoms with E-state index in [2.05, 4.69) is 48.2 Å². The summed E-state index contributed by atoms with van der Waals surface area (Å²) in [6.45, 7) is 6.54. The Morgan fingerprint density at radius 2 is 1.57 bits per heavy atom. The molecule has 3 rings (SSSR count). The van der Waals surface area contributed by atoms with Crippen LogP contribution in [0.15, 0.2) is 41.5 Å². The van der Waals surface area contributed by atoms with Crippen molar-refractivity contribution >= 4 is 18.4 Å². The molecule has 1 aromatic heterocycles. The van der Waals surface area contributed by atoms with E-state index in [-0.39, 0.29) is 5.41 Å². The Balaban J connectivity index is 2.00. The summed E-state index contributed by atoms with van der Waals surface area (Å²) in [5, 5.41) is 11.7. The minimum absolute atomic E-state index is 0.0748. The molecule has 2 aromatic carbocycles. The summed E-state index contributed by atoms with van der Waals surface area (Å²) in [6.07, 6.45) is 1.65. The van der Waals surface area contributed by atoms with Crippen LogP contribution in [0.3, 0.4) is 0 Å². The molecular weight excluding hydrogens is 400 g/mol. The van der Waals surface area contributed by atoms with Gasteiger partial charge in [-0.15, -0.1) is 0 Å². The maximum absolute atomic E-state index is 5.46. The van der Waals surface area contributed by atoms with Crippen LogP contribution in [0.25, 0.3) is 11.4 Å². The predicted octanol–water partition coefficient (Wildman–Crippen LogP) is 4.81. The Labute approximate surface area is 181 Å². The van der Waals surface area contributed by atoms with E-state index in [4.69, 9.17) is 26.4 Å². The molecule has 0 radical (unpaired) electrons. The highest BCUT2D eigenvalue weighted by Gasteiger charge is 2.15. The summed E-state index contributed by atoms with van der Waals surface area (Å²) in [4.78, 5) is 0. The second-order valence-electron chi connectivity index (χ2n) is 7.69. The molecule has 0 aliphatic carbocycles. The average Bonchev–Trinajstić information content (AvgIpc) is 3.11. The van der Waals surface area contributed by atoms with Crippen LogP contribution in [0.2, 0.25) is 0 Å². The van der Waals surface area contributed by atoms with Crippen LogP contribution in [0.1, 0.15) is 31.9 Å². The molecule has 0 fully saturated rings. The Kier molecular flexibility index (Phi) is 6.26. The van der Waals surface area contributed by atoms with Crippen molar-refractivity contribution in [3.05, 3.63) is 52.3 Å². The monoisotopic (exact) mass is 426 g/mol. The summed E-state index contributed by atoms with van der Waals surface area (Å²) in [6, 6.07) is 11.8. The standard InChI is InChI=1S/C22H26N4O3S/c1-22(2,3)16-9-7-14(8-10-16)20-24-25-21(30)26(20)23-13-15-11-18(28-5)19(29-6)12-17(15)27-4/h7-13H,1-6H3,(H,25,30). The maximum Gasteiger partial charge on any atom is 0.216 e. The van der Waals surface area contributed by atoms with Crippen molar-refractivity contribution in [3.8, 4) is 28.6 Å². The number of aromatic amines is 1. The molecule has 0 saturated heterocycles. The number of hydrogen-bond donors (Lipinski definition) is 1. The van der Waals surface area contributed by atoms with Crippen molar-refractivity contribution < 1.29 is 14.2 Å². The van der Waals surface area contributed by atoms with Crippen LogP contribution in [0, 0.1) is 4.77 Å². The third kappa shape index (κ3) is 4.38. The van der Waals surface area contributed by atoms with Crippen molar-refractivity contribution in [2.24, 2.45) is 5.10 Å². The summed E-state index contributed by atoms with van der Waals surface area (Å²) in [5.41, 5.74) is 2.94. The van der Waals surface area contributed by atoms with Crippen LogP contribution in [0.5, 0.6) is 17.2 Å². The van der Waals surface area contributed by atoms with Gasteiger partial charge in [-0.3, -0.25) is 0 Å². The predicted molar refractivity (Wildman–Crippen MR) is 121 cm³/mol. The van der Waals surface area contributed by atoms with Crippen LogP contribution in [0.4, 0.5) is 0 Å². The van der Waals surface area contributed by atoms with Gasteiger partial charge in [0.1, 0.15) is 5.75 Å². The van der Waals surface area contributed by atoms with Crippen molar-refractivity contribution in [1.82, 2.24) is 14.9 Å². The van der Waals surface area contributed by atoms with Crippen LogP contribution >= 0.6 is 12.2 Å². The normalized spacial score (nSPS) is 11.7. The minimum Gasteiger partial charge on any atom is -0.496 e. The highest BCUT2D eigenvalue weighted by molar-refractivity contribution is 7.71. The summed E-state index contributed by atoms with van der Waals surface area (Å²) in [5.74, 6) is 2.37. The fraction of sp³-hybridized carbons (Fsp3) is 0.318. The first-order chi connectivity index (χ1) is 14.3. The van der Waals surface area contributed by atoms with Crippen molar-refractivity contribution in [3.63, 3.8) is 0 Å². The molecule has 30 heavy (non-hydrogen) atoms. The van der Waals surface area contributed by atoms with Gasteiger partial charge in [-0.1, -0.05) is 45.0 Å². The second kappa shape index (κ2) is 8.71. The molecular formula is C22H26N4O3S. The number of rotatable bonds is 6. The van der Waals surface area contributed by atoms with Crippen LogP contribution in [-0.4, -0.2) is 42.4 Å². The Morgan fingerprint density at radius 1 is 0.967 bits per heavy atom. The average molecular weight is 427 g/mol. The lowest BCUT2D eigenvalue weighted by Gasteiger charge is -2.18. The number of H-pyrrole nitrogens is 1. The first-order valence-corrected chi connectivity index (χ1v) is 9.82. The fourth-order valence-electron chi connectivity index (χ4n) is 2.98. The molecule has 0 bridgehead atoms. The number of nitrogens with zero attached hydrogens (tertiary/aromatic N) is 3. The summed E-state index contributed by atoms with van der Waals surface area (Å²) in [7, 11) is 4.74. The molecule has 8 heteroatoms. The molecule has 0 aliphatic rings. The summed E-state index contributed by atoms with van der Waals surface area (Å²) < 4.78 is 18.1. The highest BCUT2D eigenvalue weighted by Crippen LogP contribution is 2.34. The lowest BCUT2D eigenvalue weighted by Crippen LogP contribution is -2.10. The van der Waals surface area contributed by atoms with Gasteiger partial charge in [0.2, 0.25) is 4.77 Å². The van der Waals surface area contributed by atoms with E-state index >= 15 is 0 Å². The van der Waals surface area contributed by atoms with E-state index in [1.165, 1.54) is 5.56 Å². The van der Waals surface area contributed by atoms with E-state index in [0.29, 0.717) is 33.4 Å². The van der Waals surface area contributed by atoms with E-state index < -0.39 is 0 Å². The van der Waals surface area contributed by atoms with Gasteiger partial charge >= 0.3 is 0 Å². The molecule has 0 saturated carbocycles. The molecule has 0 atom stereocenters. The molecule has 158 valence electrons. The number of aromatic nitrogens is 3. The first-order valence-electron chi connectivity index (χ1n) is 9.41. The Bertz CT molecular complexity index is 1110. The summed E-state index contributed by atoms with van der Waals surface area (Å²) >= 11 is 5.38. The first kappa shape index (κ1) is 21.6. The van der Waals surface area contributed by atoms with Gasteiger partial charge in [-0.25, -0.2) is 5.10 Å². The van der Waals surface area contributed by atoms with E-state index in [1.807, 2.05) is 12.1 Å². The number of methoxy groups -OCH3 is 3. The van der Waals surface area contributed by atoms with Gasteiger partial charge in [0.25, 0.3) is 0 Å². The molecule has 0 aliphatic heterocycles. The molecule has 0 spiro atoms. The van der Waals surface area contributed by atoms with Crippen LogP contribution in [-0.2, 0) is 5.41 Å². The van der Waals surface area contributed by atoms with Gasteiger partial charge in [0.05, 0.1) is 27.5 Å². The van der Waals surface area contributed by atoms with Gasteiger partial charge in [0, 0.05) is 17.2 Å². The third-order valence-corrected chi connectivity index (χ3v) is 4.97. The van der Waals surface area contributed by atoms with E-state index in [1.54, 1.807) is 44.4 Å². The minimum atomic E-state index is 0.0748. The zero-order chi connectivity index (χ0) is 21.9. The Hall–Kier alpha value is -3.13. The largest absolute Gasteiger partial charge is 0.496 e. The number of ether oxygens (including phenoxy) is 3.